The van der Waals surface area contributed by atoms with Gasteiger partial charge in [-0.1, -0.05) is 32.9 Å². The van der Waals surface area contributed by atoms with Gasteiger partial charge in [-0.25, -0.2) is 4.39 Å². The van der Waals surface area contributed by atoms with Crippen molar-refractivity contribution in [1.29, 1.82) is 0 Å². The number of hydrogen-bond acceptors (Lipinski definition) is 2. The van der Waals surface area contributed by atoms with E-state index in [4.69, 9.17) is 4.74 Å². The molecule has 1 rings (SSSR count). The van der Waals surface area contributed by atoms with Gasteiger partial charge in [-0.3, -0.25) is 4.79 Å². The zero-order valence-electron chi connectivity index (χ0n) is 11.3. The molecule has 0 spiro atoms. The largest absolute Gasteiger partial charge is 0.488 e. The summed E-state index contributed by atoms with van der Waals surface area (Å²) < 4.78 is 18.8. The lowest BCUT2D eigenvalue weighted by atomic mass is 9.87. The number of benzene rings is 1. The van der Waals surface area contributed by atoms with Gasteiger partial charge in [0.1, 0.15) is 6.61 Å². The lowest BCUT2D eigenvalue weighted by Gasteiger charge is -2.31. The Morgan fingerprint density at radius 2 is 2.00 bits per heavy atom. The first-order valence-corrected chi connectivity index (χ1v) is 5.95. The van der Waals surface area contributed by atoms with Gasteiger partial charge in [0, 0.05) is 6.92 Å². The summed E-state index contributed by atoms with van der Waals surface area (Å²) in [6.45, 7) is 7.70. The fourth-order valence-electron chi connectivity index (χ4n) is 1.49. The van der Waals surface area contributed by atoms with Gasteiger partial charge in [0.15, 0.2) is 11.6 Å². The molecule has 1 aromatic carbocycles. The topological polar surface area (TPSA) is 38.3 Å². The molecule has 0 saturated heterocycles. The Morgan fingerprint density at radius 1 is 1.39 bits per heavy atom. The van der Waals surface area contributed by atoms with Crippen molar-refractivity contribution in [2.75, 3.05) is 6.61 Å². The number of ether oxygens (including phenoxy) is 1. The van der Waals surface area contributed by atoms with E-state index in [2.05, 4.69) is 5.32 Å². The highest BCUT2D eigenvalue weighted by atomic mass is 19.1. The van der Waals surface area contributed by atoms with E-state index in [0.29, 0.717) is 0 Å². The molecule has 1 N–H and O–H groups in total. The Hall–Kier alpha value is -1.58. The van der Waals surface area contributed by atoms with E-state index < -0.39 is 5.82 Å². The minimum atomic E-state index is -0.395. The van der Waals surface area contributed by atoms with E-state index in [0.717, 1.165) is 0 Å². The Labute approximate surface area is 107 Å². The predicted molar refractivity (Wildman–Crippen MR) is 69.0 cm³/mol. The molecule has 0 unspecified atom stereocenters. The zero-order chi connectivity index (χ0) is 13.8. The molecule has 0 radical (unpaired) electrons. The number of carbonyl (C=O) groups is 1. The summed E-state index contributed by atoms with van der Waals surface area (Å²) in [5.41, 5.74) is -0.156. The molecular formula is C14H20FNO2. The molecule has 0 saturated carbocycles. The molecule has 3 nitrogen and oxygen atoms in total. The molecular weight excluding hydrogens is 233 g/mol. The van der Waals surface area contributed by atoms with Crippen LogP contribution in [0.2, 0.25) is 0 Å². The molecule has 0 aliphatic carbocycles. The highest BCUT2D eigenvalue weighted by Crippen LogP contribution is 2.22. The van der Waals surface area contributed by atoms with Crippen LogP contribution >= 0.6 is 0 Å². The second-order valence-corrected chi connectivity index (χ2v) is 5.36. The summed E-state index contributed by atoms with van der Waals surface area (Å²) in [4.78, 5) is 11.1. The predicted octanol–water partition coefficient (Wildman–Crippen LogP) is 2.76. The van der Waals surface area contributed by atoms with Crippen LogP contribution in [0, 0.1) is 11.2 Å². The summed E-state index contributed by atoms with van der Waals surface area (Å²) in [5, 5.41) is 2.82. The highest BCUT2D eigenvalue weighted by molar-refractivity contribution is 5.73. The number of halogens is 1. The van der Waals surface area contributed by atoms with E-state index in [1.54, 1.807) is 18.2 Å². The quantitative estimate of drug-likeness (QED) is 0.896. The molecule has 1 atom stereocenters. The van der Waals surface area contributed by atoms with Crippen LogP contribution in [0.1, 0.15) is 27.7 Å². The highest BCUT2D eigenvalue weighted by Gasteiger charge is 2.26. The molecule has 100 valence electrons. The van der Waals surface area contributed by atoms with Gasteiger partial charge in [-0.05, 0) is 17.5 Å². The molecule has 0 fully saturated rings. The van der Waals surface area contributed by atoms with Crippen LogP contribution in [-0.4, -0.2) is 18.6 Å². The lowest BCUT2D eigenvalue weighted by Crippen LogP contribution is -2.46. The Kier molecular flexibility index (Phi) is 4.70. The zero-order valence-corrected chi connectivity index (χ0v) is 11.3. The molecule has 0 aromatic heterocycles. The van der Waals surface area contributed by atoms with E-state index >= 15 is 0 Å². The van der Waals surface area contributed by atoms with Crippen molar-refractivity contribution in [1.82, 2.24) is 5.32 Å². The SMILES string of the molecule is CC(=O)N[C@@H](COc1ccccc1F)C(C)(C)C. The average molecular weight is 253 g/mol. The second-order valence-electron chi connectivity index (χ2n) is 5.36. The minimum Gasteiger partial charge on any atom is -0.488 e. The van der Waals surface area contributed by atoms with Crippen LogP contribution in [-0.2, 0) is 4.79 Å². The summed E-state index contributed by atoms with van der Waals surface area (Å²) in [6, 6.07) is 6.07. The van der Waals surface area contributed by atoms with Gasteiger partial charge in [0.05, 0.1) is 6.04 Å². The van der Waals surface area contributed by atoms with Crippen LogP contribution in [0.5, 0.6) is 5.75 Å². The maximum absolute atomic E-state index is 13.4. The number of nitrogens with one attached hydrogen (secondary N) is 1. The third-order valence-corrected chi connectivity index (χ3v) is 2.67. The fraction of sp³-hybridized carbons (Fsp3) is 0.500. The van der Waals surface area contributed by atoms with Crippen LogP contribution in [0.3, 0.4) is 0 Å². The van der Waals surface area contributed by atoms with Gasteiger partial charge >= 0.3 is 0 Å². The fourth-order valence-corrected chi connectivity index (χ4v) is 1.49. The molecule has 1 aromatic rings. The normalized spacial score (nSPS) is 12.9. The van der Waals surface area contributed by atoms with Crippen molar-refractivity contribution < 1.29 is 13.9 Å². The average Bonchev–Trinajstić information content (AvgIpc) is 2.24. The van der Waals surface area contributed by atoms with Gasteiger partial charge in [0.25, 0.3) is 0 Å². The summed E-state index contributed by atoms with van der Waals surface area (Å²) in [5.74, 6) is -0.308. The Balaban J connectivity index is 2.68. The number of hydrogen-bond donors (Lipinski definition) is 1. The number of rotatable bonds is 4. The van der Waals surface area contributed by atoms with E-state index in [9.17, 15) is 9.18 Å². The standard InChI is InChI=1S/C14H20FNO2/c1-10(17)16-13(14(2,3)4)9-18-12-8-6-5-7-11(12)15/h5-8,13H,9H2,1-4H3,(H,16,17)/t13-/m0/s1. The molecule has 1 amide bonds. The van der Waals surface area contributed by atoms with Crippen molar-refractivity contribution in [3.8, 4) is 5.75 Å². The monoisotopic (exact) mass is 253 g/mol. The van der Waals surface area contributed by atoms with Crippen LogP contribution < -0.4 is 10.1 Å². The first kappa shape index (κ1) is 14.5. The number of amides is 1. The van der Waals surface area contributed by atoms with Crippen LogP contribution in [0.15, 0.2) is 24.3 Å². The van der Waals surface area contributed by atoms with E-state index in [1.165, 1.54) is 13.0 Å². The van der Waals surface area contributed by atoms with Gasteiger partial charge < -0.3 is 10.1 Å². The molecule has 0 heterocycles. The van der Waals surface area contributed by atoms with Gasteiger partial charge in [-0.15, -0.1) is 0 Å². The third kappa shape index (κ3) is 4.35. The van der Waals surface area contributed by atoms with E-state index in [-0.39, 0.29) is 29.7 Å². The van der Waals surface area contributed by atoms with E-state index in [1.807, 2.05) is 20.8 Å². The van der Waals surface area contributed by atoms with Crippen molar-refractivity contribution in [3.05, 3.63) is 30.1 Å². The summed E-state index contributed by atoms with van der Waals surface area (Å²) >= 11 is 0. The number of carbonyl (C=O) groups excluding carboxylic acids is 1. The molecule has 0 aliphatic rings. The Bertz CT molecular complexity index is 413. The first-order valence-electron chi connectivity index (χ1n) is 5.95. The summed E-state index contributed by atoms with van der Waals surface area (Å²) in [6.07, 6.45) is 0. The summed E-state index contributed by atoms with van der Waals surface area (Å²) in [7, 11) is 0. The lowest BCUT2D eigenvalue weighted by molar-refractivity contribution is -0.120. The minimum absolute atomic E-state index is 0.118. The van der Waals surface area contributed by atoms with Crippen molar-refractivity contribution in [2.45, 2.75) is 33.7 Å². The van der Waals surface area contributed by atoms with Crippen molar-refractivity contribution in [3.63, 3.8) is 0 Å². The number of para-hydroxylation sites is 1. The maximum Gasteiger partial charge on any atom is 0.217 e. The molecule has 18 heavy (non-hydrogen) atoms. The molecule has 4 heteroatoms. The van der Waals surface area contributed by atoms with Crippen molar-refractivity contribution in [2.24, 2.45) is 5.41 Å². The van der Waals surface area contributed by atoms with Crippen LogP contribution in [0.25, 0.3) is 0 Å². The maximum atomic E-state index is 13.4. The molecule has 0 bridgehead atoms. The van der Waals surface area contributed by atoms with Crippen molar-refractivity contribution >= 4 is 5.91 Å². The first-order chi connectivity index (χ1) is 8.30. The third-order valence-electron chi connectivity index (χ3n) is 2.67. The Morgan fingerprint density at radius 3 is 2.50 bits per heavy atom. The van der Waals surface area contributed by atoms with Gasteiger partial charge in [0.2, 0.25) is 5.91 Å². The molecule has 0 aliphatic heterocycles. The smallest absolute Gasteiger partial charge is 0.217 e. The second kappa shape index (κ2) is 5.85. The van der Waals surface area contributed by atoms with Gasteiger partial charge in [-0.2, -0.15) is 0 Å². The van der Waals surface area contributed by atoms with Crippen LogP contribution in [0.4, 0.5) is 4.39 Å².